The van der Waals surface area contributed by atoms with Crippen LogP contribution < -0.4 is 0 Å². The van der Waals surface area contributed by atoms with Crippen LogP contribution in [-0.4, -0.2) is 27.0 Å². The van der Waals surface area contributed by atoms with Gasteiger partial charge in [-0.25, -0.2) is 14.6 Å². The zero-order chi connectivity index (χ0) is 15.0. The van der Waals surface area contributed by atoms with Gasteiger partial charge in [-0.15, -0.1) is 24.3 Å². The molecule has 0 aliphatic heterocycles. The standard InChI is InChI=1S/C11H9N3.C3H5O3.Pt/c1-13-6-7-14(9-13)11-4-2-10(8-12)3-5-11;1-2-6-3(4)5;/h2-4,6-7,9H,1H3;1-2H2,(H,4,5);/q;-1;+2. The van der Waals surface area contributed by atoms with E-state index in [1.54, 1.807) is 12.1 Å². The number of imidazole rings is 1. The number of ether oxygens (including phenoxy) is 1. The first-order valence-corrected chi connectivity index (χ1v) is 5.67. The minimum Gasteiger partial charge on any atom is -0.468 e. The number of carboxylic acid groups (broad SMARTS) is 1. The fourth-order valence-corrected chi connectivity index (χ4v) is 1.33. The SMILES string of the molecule is Cn1ccn(-c2[c-]cc(C#N)cc2)[cH+]1.[CH2-]COC(=O)O.[Pt+2]. The molecule has 2 rings (SSSR count). The maximum absolute atomic E-state index is 9.34. The molecule has 1 N–H and O–H groups in total. The molecule has 1 heterocycles. The monoisotopic (exact) mass is 467 g/mol. The van der Waals surface area contributed by atoms with Gasteiger partial charge in [0.1, 0.15) is 12.4 Å². The molecule has 0 unspecified atom stereocenters. The van der Waals surface area contributed by atoms with Gasteiger partial charge in [-0.1, -0.05) is 5.56 Å². The molecule has 112 valence electrons. The minimum atomic E-state index is -1.27. The van der Waals surface area contributed by atoms with Crippen molar-refractivity contribution in [1.82, 2.24) is 9.13 Å². The van der Waals surface area contributed by atoms with Crippen LogP contribution in [0.5, 0.6) is 0 Å². The molecular weight excluding hydrogens is 453 g/mol. The summed E-state index contributed by atoms with van der Waals surface area (Å²) in [7, 11) is 1.96. The van der Waals surface area contributed by atoms with Crippen molar-refractivity contribution in [2.45, 2.75) is 0 Å². The summed E-state index contributed by atoms with van der Waals surface area (Å²) in [5.41, 5.74) is 1.56. The number of hydrogen-bond acceptors (Lipinski definition) is 3. The molecule has 0 aliphatic carbocycles. The average Bonchev–Trinajstić information content (AvgIpc) is 2.86. The number of nitriles is 1. The summed E-state index contributed by atoms with van der Waals surface area (Å²) in [5, 5.41) is 16.3. The van der Waals surface area contributed by atoms with Crippen molar-refractivity contribution in [2.24, 2.45) is 7.05 Å². The van der Waals surface area contributed by atoms with E-state index in [9.17, 15) is 4.79 Å². The molecule has 2 aromatic rings. The first-order chi connectivity index (χ1) is 9.56. The third kappa shape index (κ3) is 6.73. The zero-order valence-electron chi connectivity index (χ0n) is 11.3. The summed E-state index contributed by atoms with van der Waals surface area (Å²) in [4.78, 5) is 9.34. The molecule has 0 radical (unpaired) electrons. The number of rotatable bonds is 2. The van der Waals surface area contributed by atoms with Crippen molar-refractivity contribution in [2.75, 3.05) is 6.61 Å². The topological polar surface area (TPSA) is 80.2 Å². The van der Waals surface area contributed by atoms with Crippen LogP contribution in [0.3, 0.4) is 0 Å². The number of aryl methyl sites for hydroxylation is 1. The molecule has 0 fully saturated rings. The van der Waals surface area contributed by atoms with Gasteiger partial charge >= 0.3 is 27.2 Å². The smallest absolute Gasteiger partial charge is 0.468 e. The molecule has 1 aromatic heterocycles. The molecule has 0 aliphatic rings. The predicted octanol–water partition coefficient (Wildman–Crippen LogP) is 2.28. The Morgan fingerprint density at radius 3 is 2.62 bits per heavy atom. The van der Waals surface area contributed by atoms with Crippen LogP contribution in [0.2, 0.25) is 0 Å². The Labute approximate surface area is 137 Å². The first kappa shape index (κ1) is 18.9. The molecule has 0 atom stereocenters. The van der Waals surface area contributed by atoms with Crippen LogP contribution in [-0.2, 0) is 32.8 Å². The Balaban J connectivity index is 0.000000495. The second-order valence-electron chi connectivity index (χ2n) is 3.68. The summed E-state index contributed by atoms with van der Waals surface area (Å²) in [6.45, 7) is 3.10. The predicted molar refractivity (Wildman–Crippen MR) is 72.0 cm³/mol. The van der Waals surface area contributed by atoms with E-state index in [0.29, 0.717) is 5.56 Å². The number of benzene rings is 1. The molecule has 0 saturated heterocycles. The first-order valence-electron chi connectivity index (χ1n) is 5.67. The average molecular weight is 467 g/mol. The molecule has 7 heteroatoms. The van der Waals surface area contributed by atoms with Crippen molar-refractivity contribution in [3.8, 4) is 11.8 Å². The Hall–Kier alpha value is -2.12. The second-order valence-corrected chi connectivity index (χ2v) is 3.68. The van der Waals surface area contributed by atoms with Crippen molar-refractivity contribution in [1.29, 1.82) is 5.26 Å². The Bertz CT molecular complexity index is 603. The molecule has 0 amide bonds. The third-order valence-electron chi connectivity index (χ3n) is 2.20. The van der Waals surface area contributed by atoms with Gasteiger partial charge in [-0.2, -0.15) is 0 Å². The van der Waals surface area contributed by atoms with Crippen LogP contribution in [0, 0.1) is 24.3 Å². The minimum absolute atomic E-state index is 0. The quantitative estimate of drug-likeness (QED) is 0.543. The van der Waals surface area contributed by atoms with E-state index in [2.05, 4.69) is 23.8 Å². The summed E-state index contributed by atoms with van der Waals surface area (Å²) in [5.74, 6) is 0. The fraction of sp³-hybridized carbons (Fsp3) is 0.143. The van der Waals surface area contributed by atoms with E-state index >= 15 is 0 Å². The molecule has 0 bridgehead atoms. The van der Waals surface area contributed by atoms with Crippen molar-refractivity contribution < 1.29 is 35.7 Å². The largest absolute Gasteiger partial charge is 2.00 e. The molecule has 1 aromatic carbocycles. The van der Waals surface area contributed by atoms with Gasteiger partial charge in [-0.05, 0) is 6.61 Å². The molecule has 6 nitrogen and oxygen atoms in total. The van der Waals surface area contributed by atoms with Gasteiger partial charge in [0.05, 0.1) is 0 Å². The fourth-order valence-electron chi connectivity index (χ4n) is 1.33. The van der Waals surface area contributed by atoms with Crippen LogP contribution in [0.4, 0.5) is 4.79 Å². The summed E-state index contributed by atoms with van der Waals surface area (Å²) in [6, 6.07) is 10.5. The summed E-state index contributed by atoms with van der Waals surface area (Å²) in [6.07, 6.45) is 4.56. The van der Waals surface area contributed by atoms with E-state index in [-0.39, 0.29) is 27.7 Å². The van der Waals surface area contributed by atoms with E-state index in [1.165, 1.54) is 0 Å². The van der Waals surface area contributed by atoms with Gasteiger partial charge in [0.25, 0.3) is 0 Å². The number of nitrogens with zero attached hydrogens (tertiary/aromatic N) is 3. The maximum atomic E-state index is 9.34. The van der Waals surface area contributed by atoms with Crippen LogP contribution in [0.25, 0.3) is 5.69 Å². The van der Waals surface area contributed by atoms with Gasteiger partial charge < -0.3 is 16.8 Å². The van der Waals surface area contributed by atoms with Crippen LogP contribution in [0.15, 0.2) is 36.9 Å². The Morgan fingerprint density at radius 1 is 1.57 bits per heavy atom. The number of aromatic nitrogens is 2. The molecule has 21 heavy (non-hydrogen) atoms. The summed E-state index contributed by atoms with van der Waals surface area (Å²) >= 11 is 0. The maximum Gasteiger partial charge on any atom is 2.00 e. The van der Waals surface area contributed by atoms with E-state index < -0.39 is 6.16 Å². The van der Waals surface area contributed by atoms with Crippen LogP contribution >= 0.6 is 0 Å². The summed E-state index contributed by atoms with van der Waals surface area (Å²) < 4.78 is 7.74. The second kappa shape index (κ2) is 9.73. The van der Waals surface area contributed by atoms with Crippen molar-refractivity contribution in [3.63, 3.8) is 0 Å². The van der Waals surface area contributed by atoms with E-state index in [1.807, 2.05) is 41.0 Å². The Kier molecular flexibility index (Phi) is 8.75. The van der Waals surface area contributed by atoms with E-state index in [4.69, 9.17) is 10.4 Å². The zero-order valence-corrected chi connectivity index (χ0v) is 13.6. The molecule has 0 spiro atoms. The number of carbonyl (C=O) groups is 1. The third-order valence-corrected chi connectivity index (χ3v) is 2.20. The van der Waals surface area contributed by atoms with Crippen molar-refractivity contribution >= 4 is 6.16 Å². The Morgan fingerprint density at radius 2 is 2.29 bits per heavy atom. The van der Waals surface area contributed by atoms with Crippen molar-refractivity contribution in [3.05, 3.63) is 55.5 Å². The molecule has 0 saturated carbocycles. The molecular formula is C14H14N3O3Pt+. The van der Waals surface area contributed by atoms with Gasteiger partial charge in [-0.3, -0.25) is 4.57 Å². The normalized spacial score (nSPS) is 8.62. The van der Waals surface area contributed by atoms with E-state index in [0.717, 1.165) is 5.69 Å². The van der Waals surface area contributed by atoms with Gasteiger partial charge in [0.2, 0.25) is 0 Å². The number of hydrogen-bond donors (Lipinski definition) is 1. The van der Waals surface area contributed by atoms with Crippen LogP contribution in [0.1, 0.15) is 5.56 Å². The van der Waals surface area contributed by atoms with Gasteiger partial charge in [0.15, 0.2) is 6.33 Å². The van der Waals surface area contributed by atoms with Gasteiger partial charge in [0, 0.05) is 18.8 Å².